The Kier molecular flexibility index (Phi) is 4.26. The first-order chi connectivity index (χ1) is 8.97. The van der Waals surface area contributed by atoms with Crippen molar-refractivity contribution in [3.63, 3.8) is 0 Å². The molecule has 0 saturated heterocycles. The number of aromatic nitrogens is 1. The van der Waals surface area contributed by atoms with Crippen LogP contribution in [-0.2, 0) is 0 Å². The molecule has 2 N–H and O–H groups in total. The molecule has 0 bridgehead atoms. The van der Waals surface area contributed by atoms with Gasteiger partial charge in [-0.1, -0.05) is 11.6 Å². The Hall–Kier alpha value is -1.34. The van der Waals surface area contributed by atoms with E-state index in [1.54, 1.807) is 18.2 Å². The number of hydrogen-bond acceptors (Lipinski definition) is 3. The molecular weight excluding hydrogens is 379 g/mol. The van der Waals surface area contributed by atoms with Crippen LogP contribution in [0.2, 0.25) is 5.15 Å². The second-order valence-electron chi connectivity index (χ2n) is 3.95. The minimum absolute atomic E-state index is 0.0821. The van der Waals surface area contributed by atoms with Gasteiger partial charge in [0.25, 0.3) is 5.91 Å². The maximum Gasteiger partial charge on any atom is 0.255 e. The van der Waals surface area contributed by atoms with Gasteiger partial charge in [-0.3, -0.25) is 4.79 Å². The van der Waals surface area contributed by atoms with E-state index in [4.69, 9.17) is 11.6 Å². The second kappa shape index (κ2) is 5.75. The van der Waals surface area contributed by atoms with Crippen LogP contribution in [0.25, 0.3) is 0 Å². The SMILES string of the molecule is Cc1cc(NC(=O)c2ccc(I)c(O)c2)cnc1Cl. The highest BCUT2D eigenvalue weighted by molar-refractivity contribution is 14.1. The number of nitrogens with zero attached hydrogens (tertiary/aromatic N) is 1. The van der Waals surface area contributed by atoms with Crippen molar-refractivity contribution in [1.29, 1.82) is 0 Å². The number of anilines is 1. The number of benzene rings is 1. The summed E-state index contributed by atoms with van der Waals surface area (Å²) in [5.74, 6) is -0.228. The smallest absolute Gasteiger partial charge is 0.255 e. The number of halogens is 2. The lowest BCUT2D eigenvalue weighted by molar-refractivity contribution is 0.102. The van der Waals surface area contributed by atoms with Gasteiger partial charge in [-0.25, -0.2) is 4.98 Å². The van der Waals surface area contributed by atoms with Gasteiger partial charge in [0, 0.05) is 5.56 Å². The third-order valence-electron chi connectivity index (χ3n) is 2.48. The normalized spacial score (nSPS) is 10.3. The zero-order valence-electron chi connectivity index (χ0n) is 9.95. The molecule has 19 heavy (non-hydrogen) atoms. The summed E-state index contributed by atoms with van der Waals surface area (Å²) in [4.78, 5) is 15.9. The average molecular weight is 389 g/mol. The van der Waals surface area contributed by atoms with E-state index in [0.717, 1.165) is 5.56 Å². The number of phenols is 1. The van der Waals surface area contributed by atoms with Crippen molar-refractivity contribution in [2.24, 2.45) is 0 Å². The molecule has 1 aromatic heterocycles. The Balaban J connectivity index is 2.20. The summed E-state index contributed by atoms with van der Waals surface area (Å²) in [6.45, 7) is 1.81. The third kappa shape index (κ3) is 3.36. The molecule has 4 nitrogen and oxygen atoms in total. The van der Waals surface area contributed by atoms with Crippen molar-refractivity contribution in [3.8, 4) is 5.75 Å². The molecule has 0 aliphatic rings. The molecule has 0 aliphatic carbocycles. The van der Waals surface area contributed by atoms with Crippen LogP contribution < -0.4 is 5.32 Å². The van der Waals surface area contributed by atoms with Crippen molar-refractivity contribution in [2.75, 3.05) is 5.32 Å². The number of nitrogens with one attached hydrogen (secondary N) is 1. The van der Waals surface area contributed by atoms with Crippen molar-refractivity contribution in [2.45, 2.75) is 6.92 Å². The zero-order chi connectivity index (χ0) is 14.0. The van der Waals surface area contributed by atoms with E-state index in [2.05, 4.69) is 10.3 Å². The Morgan fingerprint density at radius 3 is 2.79 bits per heavy atom. The lowest BCUT2D eigenvalue weighted by Gasteiger charge is -2.07. The first-order valence-corrected chi connectivity index (χ1v) is 6.85. The summed E-state index contributed by atoms with van der Waals surface area (Å²) in [6, 6.07) is 6.48. The highest BCUT2D eigenvalue weighted by Gasteiger charge is 2.09. The van der Waals surface area contributed by atoms with Gasteiger partial charge >= 0.3 is 0 Å². The van der Waals surface area contributed by atoms with Crippen LogP contribution in [0.5, 0.6) is 5.75 Å². The number of carbonyl (C=O) groups is 1. The summed E-state index contributed by atoms with van der Waals surface area (Å²) in [5, 5.41) is 12.7. The first-order valence-electron chi connectivity index (χ1n) is 5.39. The average Bonchev–Trinajstić information content (AvgIpc) is 2.37. The molecule has 0 fully saturated rings. The molecule has 6 heteroatoms. The van der Waals surface area contributed by atoms with Gasteiger partial charge < -0.3 is 10.4 Å². The minimum atomic E-state index is -0.310. The van der Waals surface area contributed by atoms with Gasteiger partial charge in [0.1, 0.15) is 10.9 Å². The fourth-order valence-electron chi connectivity index (χ4n) is 1.48. The summed E-state index contributed by atoms with van der Waals surface area (Å²) >= 11 is 7.80. The highest BCUT2D eigenvalue weighted by atomic mass is 127. The second-order valence-corrected chi connectivity index (χ2v) is 5.47. The van der Waals surface area contributed by atoms with Crippen molar-refractivity contribution < 1.29 is 9.90 Å². The first kappa shape index (κ1) is 14.1. The van der Waals surface area contributed by atoms with Crippen LogP contribution in [0, 0.1) is 10.5 Å². The largest absolute Gasteiger partial charge is 0.507 e. The highest BCUT2D eigenvalue weighted by Crippen LogP contribution is 2.22. The maximum atomic E-state index is 12.0. The minimum Gasteiger partial charge on any atom is -0.507 e. The molecule has 2 rings (SSSR count). The van der Waals surface area contributed by atoms with Crippen molar-refractivity contribution in [3.05, 3.63) is 50.3 Å². The summed E-state index contributed by atoms with van der Waals surface area (Å²) in [5.41, 5.74) is 1.72. The Labute approximate surface area is 129 Å². The molecule has 1 aromatic carbocycles. The molecule has 0 spiro atoms. The van der Waals surface area contributed by atoms with Gasteiger partial charge in [0.2, 0.25) is 0 Å². The van der Waals surface area contributed by atoms with Crippen LogP contribution in [0.3, 0.4) is 0 Å². The number of phenolic OH excluding ortho intramolecular Hbond substituents is 1. The summed E-state index contributed by atoms with van der Waals surface area (Å²) in [7, 11) is 0. The number of hydrogen-bond donors (Lipinski definition) is 2. The number of amides is 1. The maximum absolute atomic E-state index is 12.0. The predicted octanol–water partition coefficient (Wildman–Crippen LogP) is 3.61. The quantitative estimate of drug-likeness (QED) is 0.610. The molecular formula is C13H10ClIN2O2. The van der Waals surface area contributed by atoms with E-state index in [1.807, 2.05) is 29.5 Å². The van der Waals surface area contributed by atoms with Crippen LogP contribution in [0.15, 0.2) is 30.5 Å². The number of aromatic hydroxyl groups is 1. The van der Waals surface area contributed by atoms with Gasteiger partial charge in [0.15, 0.2) is 0 Å². The van der Waals surface area contributed by atoms with Gasteiger partial charge in [-0.05, 0) is 59.3 Å². The van der Waals surface area contributed by atoms with Gasteiger partial charge in [-0.15, -0.1) is 0 Å². The molecule has 0 saturated carbocycles. The fraction of sp³-hybridized carbons (Fsp3) is 0.0769. The number of aryl methyl sites for hydroxylation is 1. The lowest BCUT2D eigenvalue weighted by Crippen LogP contribution is -2.12. The van der Waals surface area contributed by atoms with Crippen molar-refractivity contribution in [1.82, 2.24) is 4.98 Å². The number of rotatable bonds is 2. The molecule has 0 aliphatic heterocycles. The molecule has 1 heterocycles. The van der Waals surface area contributed by atoms with Gasteiger partial charge in [0.05, 0.1) is 15.5 Å². The molecule has 0 atom stereocenters. The van der Waals surface area contributed by atoms with Crippen LogP contribution in [-0.4, -0.2) is 16.0 Å². The van der Waals surface area contributed by atoms with E-state index >= 15 is 0 Å². The summed E-state index contributed by atoms with van der Waals surface area (Å²) in [6.07, 6.45) is 1.49. The molecule has 0 radical (unpaired) electrons. The van der Waals surface area contributed by atoms with Crippen LogP contribution in [0.4, 0.5) is 5.69 Å². The van der Waals surface area contributed by atoms with E-state index in [1.165, 1.54) is 12.3 Å². The standard InChI is InChI=1S/C13H10ClIN2O2/c1-7-4-9(6-16-12(7)14)17-13(19)8-2-3-10(15)11(18)5-8/h2-6,18H,1H3,(H,17,19). The van der Waals surface area contributed by atoms with E-state index in [-0.39, 0.29) is 11.7 Å². The molecule has 2 aromatic rings. The Bertz CT molecular complexity index is 647. The van der Waals surface area contributed by atoms with E-state index < -0.39 is 0 Å². The fourth-order valence-corrected chi connectivity index (χ4v) is 1.92. The lowest BCUT2D eigenvalue weighted by atomic mass is 10.2. The van der Waals surface area contributed by atoms with E-state index in [0.29, 0.717) is 20.0 Å². The van der Waals surface area contributed by atoms with Crippen molar-refractivity contribution >= 4 is 45.8 Å². The monoisotopic (exact) mass is 388 g/mol. The van der Waals surface area contributed by atoms with Gasteiger partial charge in [-0.2, -0.15) is 0 Å². The molecule has 0 unspecified atom stereocenters. The molecule has 98 valence electrons. The zero-order valence-corrected chi connectivity index (χ0v) is 12.9. The Morgan fingerprint density at radius 1 is 1.42 bits per heavy atom. The van der Waals surface area contributed by atoms with Crippen LogP contribution >= 0.6 is 34.2 Å². The third-order valence-corrected chi connectivity index (χ3v) is 3.79. The predicted molar refractivity (Wildman–Crippen MR) is 82.8 cm³/mol. The summed E-state index contributed by atoms with van der Waals surface area (Å²) < 4.78 is 0.693. The number of pyridine rings is 1. The topological polar surface area (TPSA) is 62.2 Å². The Morgan fingerprint density at radius 2 is 2.16 bits per heavy atom. The molecule has 1 amide bonds. The van der Waals surface area contributed by atoms with E-state index in [9.17, 15) is 9.90 Å². The van der Waals surface area contributed by atoms with Crippen LogP contribution in [0.1, 0.15) is 15.9 Å². The number of carbonyl (C=O) groups excluding carboxylic acids is 1.